The fourth-order valence-corrected chi connectivity index (χ4v) is 6.36. The largest absolute Gasteiger partial charge is 0.248 e. The lowest BCUT2D eigenvalue weighted by Crippen LogP contribution is -1.94. The molecule has 0 amide bonds. The first-order chi connectivity index (χ1) is 22.7. The number of hydrogen-bond acceptors (Lipinski definition) is 2. The molecule has 0 aliphatic heterocycles. The van der Waals surface area contributed by atoms with Crippen LogP contribution in [0.3, 0.4) is 0 Å². The summed E-state index contributed by atoms with van der Waals surface area (Å²) in [6.45, 7) is 2.12. The smallest absolute Gasteiger partial charge is 0.0787 e. The number of aryl methyl sites for hydroxylation is 1. The third-order valence-electron chi connectivity index (χ3n) is 8.72. The molecule has 8 aromatic rings. The van der Waals surface area contributed by atoms with Crippen molar-refractivity contribution in [1.29, 1.82) is 0 Å². The number of nitrogens with zero attached hydrogens (tertiary/aromatic N) is 2. The van der Waals surface area contributed by atoms with Gasteiger partial charge in [-0.05, 0) is 64.7 Å². The van der Waals surface area contributed by atoms with Crippen molar-refractivity contribution in [2.45, 2.75) is 13.3 Å². The molecule has 0 aliphatic rings. The number of benzene rings is 6. The van der Waals surface area contributed by atoms with E-state index >= 15 is 0 Å². The SMILES string of the molecule is Cc1ccc2c(-c3ccc(Cc4ccc5c(-c6ccccc6)nc(-c6ccccc6)cc5c4)cc3)cc(-c3ccccc3)nc2c1. The molecule has 46 heavy (non-hydrogen) atoms. The van der Waals surface area contributed by atoms with E-state index in [0.29, 0.717) is 0 Å². The molecule has 0 N–H and O–H groups in total. The summed E-state index contributed by atoms with van der Waals surface area (Å²) in [6.07, 6.45) is 0.853. The Morgan fingerprint density at radius 3 is 1.70 bits per heavy atom. The molecule has 8 rings (SSSR count). The van der Waals surface area contributed by atoms with Crippen molar-refractivity contribution < 1.29 is 0 Å². The fourth-order valence-electron chi connectivity index (χ4n) is 6.36. The second-order valence-electron chi connectivity index (χ2n) is 12.0. The van der Waals surface area contributed by atoms with Crippen LogP contribution >= 0.6 is 0 Å². The van der Waals surface area contributed by atoms with Crippen molar-refractivity contribution in [3.63, 3.8) is 0 Å². The van der Waals surface area contributed by atoms with E-state index in [1.807, 2.05) is 12.1 Å². The first-order valence-electron chi connectivity index (χ1n) is 15.8. The standard InChI is InChI=1S/C44H32N2/c1-30-17-23-39-40(29-42(45-43(39)25-30)35-13-7-3-8-14-35)33-21-18-31(19-22-33)26-32-20-24-38-37(27-32)28-41(34-11-5-2-6-12-34)46-44(38)36-15-9-4-10-16-36/h2-25,27-29H,26H2,1H3. The molecule has 0 fully saturated rings. The molecule has 2 heterocycles. The molecule has 2 nitrogen and oxygen atoms in total. The van der Waals surface area contributed by atoms with Crippen LogP contribution in [0.4, 0.5) is 0 Å². The van der Waals surface area contributed by atoms with Gasteiger partial charge in [-0.25, -0.2) is 9.97 Å². The third kappa shape index (κ3) is 5.46. The summed E-state index contributed by atoms with van der Waals surface area (Å²) in [5, 5.41) is 3.54. The van der Waals surface area contributed by atoms with E-state index in [1.54, 1.807) is 0 Å². The van der Waals surface area contributed by atoms with Crippen molar-refractivity contribution in [3.05, 3.63) is 180 Å². The first-order valence-corrected chi connectivity index (χ1v) is 15.8. The molecule has 2 heteroatoms. The van der Waals surface area contributed by atoms with Crippen LogP contribution in [0.25, 0.3) is 66.6 Å². The summed E-state index contributed by atoms with van der Waals surface area (Å²) in [4.78, 5) is 10.2. The second-order valence-corrected chi connectivity index (χ2v) is 12.0. The Kier molecular flexibility index (Phi) is 7.16. The molecule has 0 saturated carbocycles. The molecule has 6 aromatic carbocycles. The van der Waals surface area contributed by atoms with Gasteiger partial charge in [-0.2, -0.15) is 0 Å². The summed E-state index contributed by atoms with van der Waals surface area (Å²) in [5.41, 5.74) is 13.6. The highest BCUT2D eigenvalue weighted by Crippen LogP contribution is 2.34. The van der Waals surface area contributed by atoms with E-state index in [0.717, 1.165) is 45.7 Å². The highest BCUT2D eigenvalue weighted by molar-refractivity contribution is 5.98. The number of fused-ring (bicyclic) bond motifs is 2. The molecule has 0 spiro atoms. The maximum Gasteiger partial charge on any atom is 0.0787 e. The predicted octanol–water partition coefficient (Wildman–Crippen LogP) is 11.4. The molecule has 218 valence electrons. The number of rotatable bonds is 6. The topological polar surface area (TPSA) is 25.8 Å². The van der Waals surface area contributed by atoms with Crippen LogP contribution in [0.1, 0.15) is 16.7 Å². The van der Waals surface area contributed by atoms with Gasteiger partial charge >= 0.3 is 0 Å². The lowest BCUT2D eigenvalue weighted by Gasteiger charge is -2.13. The summed E-state index contributed by atoms with van der Waals surface area (Å²) in [5.74, 6) is 0. The molecule has 0 bridgehead atoms. The van der Waals surface area contributed by atoms with E-state index in [2.05, 4.69) is 159 Å². The quantitative estimate of drug-likeness (QED) is 0.193. The van der Waals surface area contributed by atoms with Crippen LogP contribution in [0.2, 0.25) is 0 Å². The average molecular weight is 589 g/mol. The van der Waals surface area contributed by atoms with Gasteiger partial charge in [-0.3, -0.25) is 0 Å². The maximum absolute atomic E-state index is 5.14. The monoisotopic (exact) mass is 588 g/mol. The molecule has 0 saturated heterocycles. The minimum Gasteiger partial charge on any atom is -0.248 e. The molecule has 0 unspecified atom stereocenters. The van der Waals surface area contributed by atoms with Gasteiger partial charge in [0.2, 0.25) is 0 Å². The number of aromatic nitrogens is 2. The van der Waals surface area contributed by atoms with Gasteiger partial charge in [-0.1, -0.05) is 146 Å². The van der Waals surface area contributed by atoms with Gasteiger partial charge in [0.1, 0.15) is 0 Å². The minimum atomic E-state index is 0.853. The lowest BCUT2D eigenvalue weighted by molar-refractivity contribution is 1.20. The van der Waals surface area contributed by atoms with Crippen molar-refractivity contribution >= 4 is 21.7 Å². The van der Waals surface area contributed by atoms with Crippen molar-refractivity contribution in [3.8, 4) is 44.9 Å². The van der Waals surface area contributed by atoms with Gasteiger partial charge in [-0.15, -0.1) is 0 Å². The normalized spacial score (nSPS) is 11.2. The Balaban J connectivity index is 1.15. The van der Waals surface area contributed by atoms with Crippen LogP contribution in [-0.2, 0) is 6.42 Å². The fraction of sp³-hybridized carbons (Fsp3) is 0.0455. The van der Waals surface area contributed by atoms with E-state index in [1.165, 1.54) is 44.0 Å². The zero-order chi connectivity index (χ0) is 30.9. The lowest BCUT2D eigenvalue weighted by atomic mass is 9.94. The molecule has 0 radical (unpaired) electrons. The van der Waals surface area contributed by atoms with Gasteiger partial charge in [0, 0.05) is 27.5 Å². The van der Waals surface area contributed by atoms with Gasteiger partial charge < -0.3 is 0 Å². The van der Waals surface area contributed by atoms with E-state index < -0.39 is 0 Å². The highest BCUT2D eigenvalue weighted by atomic mass is 14.7. The molecule has 0 aliphatic carbocycles. The van der Waals surface area contributed by atoms with Crippen LogP contribution in [0, 0.1) is 6.92 Å². The first kappa shape index (κ1) is 27.7. The van der Waals surface area contributed by atoms with Crippen LogP contribution < -0.4 is 0 Å². The van der Waals surface area contributed by atoms with E-state index in [-0.39, 0.29) is 0 Å². The van der Waals surface area contributed by atoms with Crippen molar-refractivity contribution in [2.24, 2.45) is 0 Å². The zero-order valence-corrected chi connectivity index (χ0v) is 25.7. The number of pyridine rings is 2. The maximum atomic E-state index is 5.14. The molecule has 2 aromatic heterocycles. The van der Waals surface area contributed by atoms with E-state index in [4.69, 9.17) is 9.97 Å². The number of hydrogen-bond donors (Lipinski definition) is 0. The summed E-state index contributed by atoms with van der Waals surface area (Å²) in [7, 11) is 0. The van der Waals surface area contributed by atoms with Crippen LogP contribution in [0.5, 0.6) is 0 Å². The Hall–Kier alpha value is -5.86. The summed E-state index contributed by atoms with van der Waals surface area (Å²) < 4.78 is 0. The van der Waals surface area contributed by atoms with E-state index in [9.17, 15) is 0 Å². The molecule has 0 atom stereocenters. The van der Waals surface area contributed by atoms with Crippen molar-refractivity contribution in [2.75, 3.05) is 0 Å². The molecular formula is C44H32N2. The molecular weight excluding hydrogens is 556 g/mol. The van der Waals surface area contributed by atoms with Gasteiger partial charge in [0.25, 0.3) is 0 Å². The van der Waals surface area contributed by atoms with Crippen LogP contribution in [0.15, 0.2) is 164 Å². The Bertz CT molecular complexity index is 2310. The van der Waals surface area contributed by atoms with Crippen LogP contribution in [-0.4, -0.2) is 9.97 Å². The minimum absolute atomic E-state index is 0.853. The summed E-state index contributed by atoms with van der Waals surface area (Å²) >= 11 is 0. The van der Waals surface area contributed by atoms with Crippen molar-refractivity contribution in [1.82, 2.24) is 9.97 Å². The summed E-state index contributed by atoms with van der Waals surface area (Å²) in [6, 6.07) is 58.2. The van der Waals surface area contributed by atoms with Gasteiger partial charge in [0.15, 0.2) is 0 Å². The Labute approximate surface area is 269 Å². The van der Waals surface area contributed by atoms with Gasteiger partial charge in [0.05, 0.1) is 22.6 Å². The Morgan fingerprint density at radius 1 is 0.435 bits per heavy atom. The zero-order valence-electron chi connectivity index (χ0n) is 25.7. The third-order valence-corrected chi connectivity index (χ3v) is 8.72. The highest BCUT2D eigenvalue weighted by Gasteiger charge is 2.13. The second kappa shape index (κ2) is 11.9. The average Bonchev–Trinajstić information content (AvgIpc) is 3.12. The predicted molar refractivity (Wildman–Crippen MR) is 193 cm³/mol. The Morgan fingerprint density at radius 2 is 1.02 bits per heavy atom.